The van der Waals surface area contributed by atoms with Crippen LogP contribution in [0.5, 0.6) is 11.5 Å². The third-order valence-corrected chi connectivity index (χ3v) is 4.83. The molecule has 0 saturated heterocycles. The Labute approximate surface area is 197 Å². The Morgan fingerprint density at radius 1 is 1.15 bits per heavy atom. The highest BCUT2D eigenvalue weighted by Gasteiger charge is 2.15. The van der Waals surface area contributed by atoms with Crippen LogP contribution in [-0.2, 0) is 20.9 Å². The molecule has 10 nitrogen and oxygen atoms in total. The molecule has 0 N–H and O–H groups in total. The van der Waals surface area contributed by atoms with Gasteiger partial charge in [0.15, 0.2) is 18.1 Å². The van der Waals surface area contributed by atoms with Gasteiger partial charge in [0.05, 0.1) is 43.3 Å². The van der Waals surface area contributed by atoms with Crippen LogP contribution in [0.4, 0.5) is 0 Å². The summed E-state index contributed by atoms with van der Waals surface area (Å²) in [5.74, 6) is 0.511. The second-order valence-electron chi connectivity index (χ2n) is 7.14. The topological polar surface area (TPSA) is 139 Å². The number of aromatic nitrogens is 1. The highest BCUT2D eigenvalue weighted by atomic mass is 16.5. The molecule has 10 heteroatoms. The monoisotopic (exact) mass is 466 g/mol. The van der Waals surface area contributed by atoms with E-state index in [0.29, 0.717) is 22.8 Å². The van der Waals surface area contributed by atoms with Crippen molar-refractivity contribution in [3.8, 4) is 23.6 Å². The van der Waals surface area contributed by atoms with Gasteiger partial charge in [0, 0.05) is 19.2 Å². The fraction of sp³-hybridized carbons (Fsp3) is 0.375. The number of aryl methyl sites for hydroxylation is 2. The summed E-state index contributed by atoms with van der Waals surface area (Å²) in [4.78, 5) is 25.6. The van der Waals surface area contributed by atoms with E-state index in [1.807, 2.05) is 26.0 Å². The van der Waals surface area contributed by atoms with Gasteiger partial charge in [0.1, 0.15) is 12.4 Å². The zero-order valence-electron chi connectivity index (χ0n) is 19.4. The van der Waals surface area contributed by atoms with Gasteiger partial charge in [-0.3, -0.25) is 4.79 Å². The zero-order chi connectivity index (χ0) is 24.9. The summed E-state index contributed by atoms with van der Waals surface area (Å²) >= 11 is 0. The molecule has 34 heavy (non-hydrogen) atoms. The summed E-state index contributed by atoms with van der Waals surface area (Å²) < 4.78 is 21.3. The lowest BCUT2D eigenvalue weighted by Gasteiger charge is -2.19. The van der Waals surface area contributed by atoms with E-state index in [2.05, 4.69) is 5.16 Å². The van der Waals surface area contributed by atoms with Crippen LogP contribution in [0.15, 0.2) is 28.8 Å². The molecular formula is C24H26N4O6. The summed E-state index contributed by atoms with van der Waals surface area (Å²) in [6.45, 7) is 3.80. The molecule has 0 aliphatic rings. The maximum Gasteiger partial charge on any atom is 0.331 e. The molecule has 0 saturated carbocycles. The van der Waals surface area contributed by atoms with Crippen molar-refractivity contribution in [2.75, 3.05) is 26.8 Å². The van der Waals surface area contributed by atoms with Crippen LogP contribution in [0.3, 0.4) is 0 Å². The van der Waals surface area contributed by atoms with Crippen molar-refractivity contribution in [3.63, 3.8) is 0 Å². The number of benzene rings is 1. The van der Waals surface area contributed by atoms with E-state index in [-0.39, 0.29) is 32.5 Å². The number of amides is 1. The average molecular weight is 466 g/mol. The standard InChI is InChI=1S/C24H26N4O6/c1-17-20(18(2)34-27-17)15-32-21-8-6-19(14-22(21)31-3)7-9-24(30)33-16-23(29)28(12-4-10-25)13-5-11-26/h6-9,14H,4-5,12-13,15-16H2,1-3H3/b9-7+. The molecule has 1 aromatic carbocycles. The van der Waals surface area contributed by atoms with Crippen LogP contribution in [0.25, 0.3) is 6.08 Å². The number of rotatable bonds is 12. The minimum atomic E-state index is -0.702. The summed E-state index contributed by atoms with van der Waals surface area (Å²) in [6.07, 6.45) is 2.98. The Hall–Kier alpha value is -4.31. The SMILES string of the molecule is COc1cc(/C=C/C(=O)OCC(=O)N(CCC#N)CCC#N)ccc1OCc1c(C)noc1C. The van der Waals surface area contributed by atoms with Crippen molar-refractivity contribution in [2.24, 2.45) is 0 Å². The molecule has 2 aromatic rings. The van der Waals surface area contributed by atoms with E-state index in [9.17, 15) is 9.59 Å². The van der Waals surface area contributed by atoms with Gasteiger partial charge in [-0.25, -0.2) is 4.79 Å². The summed E-state index contributed by atoms with van der Waals surface area (Å²) in [5.41, 5.74) is 2.28. The number of carbonyl (C=O) groups excluding carboxylic acids is 2. The number of carbonyl (C=O) groups is 2. The molecular weight excluding hydrogens is 440 g/mol. The highest BCUT2D eigenvalue weighted by Crippen LogP contribution is 2.30. The third kappa shape index (κ3) is 7.68. The zero-order valence-corrected chi connectivity index (χ0v) is 19.4. The summed E-state index contributed by atoms with van der Waals surface area (Å²) in [5, 5.41) is 21.3. The molecule has 178 valence electrons. The molecule has 0 aliphatic heterocycles. The molecule has 1 heterocycles. The summed E-state index contributed by atoms with van der Waals surface area (Å²) in [7, 11) is 1.51. The van der Waals surface area contributed by atoms with Gasteiger partial charge >= 0.3 is 5.97 Å². The lowest BCUT2D eigenvalue weighted by molar-refractivity contribution is -0.148. The molecule has 2 rings (SSSR count). The van der Waals surface area contributed by atoms with Gasteiger partial charge in [-0.05, 0) is 37.6 Å². The van der Waals surface area contributed by atoms with E-state index >= 15 is 0 Å². The maximum absolute atomic E-state index is 12.2. The molecule has 0 aliphatic carbocycles. The van der Waals surface area contributed by atoms with Crippen LogP contribution in [0, 0.1) is 36.5 Å². The number of hydrogen-bond acceptors (Lipinski definition) is 9. The van der Waals surface area contributed by atoms with Gasteiger partial charge < -0.3 is 23.6 Å². The minimum Gasteiger partial charge on any atom is -0.493 e. The number of methoxy groups -OCH3 is 1. The molecule has 0 spiro atoms. The van der Waals surface area contributed by atoms with Crippen molar-refractivity contribution in [1.29, 1.82) is 10.5 Å². The predicted octanol–water partition coefficient (Wildman–Crippen LogP) is 3.09. The number of esters is 1. The van der Waals surface area contributed by atoms with E-state index in [4.69, 9.17) is 29.3 Å². The molecule has 0 atom stereocenters. The van der Waals surface area contributed by atoms with Crippen LogP contribution < -0.4 is 9.47 Å². The Morgan fingerprint density at radius 2 is 1.85 bits per heavy atom. The van der Waals surface area contributed by atoms with Gasteiger partial charge in [-0.15, -0.1) is 0 Å². The molecule has 0 bridgehead atoms. The van der Waals surface area contributed by atoms with Gasteiger partial charge in [0.2, 0.25) is 0 Å². The first kappa shape index (κ1) is 25.9. The Morgan fingerprint density at radius 3 is 2.44 bits per heavy atom. The Balaban J connectivity index is 1.93. The normalized spacial score (nSPS) is 10.4. The number of nitrogens with zero attached hydrogens (tertiary/aromatic N) is 4. The predicted molar refractivity (Wildman–Crippen MR) is 120 cm³/mol. The van der Waals surface area contributed by atoms with Crippen LogP contribution in [-0.4, -0.2) is 48.7 Å². The van der Waals surface area contributed by atoms with Crippen LogP contribution in [0.1, 0.15) is 35.4 Å². The van der Waals surface area contributed by atoms with Gasteiger partial charge in [-0.2, -0.15) is 10.5 Å². The highest BCUT2D eigenvalue weighted by molar-refractivity contribution is 5.89. The maximum atomic E-state index is 12.2. The average Bonchev–Trinajstić information content (AvgIpc) is 3.16. The molecule has 0 unspecified atom stereocenters. The van der Waals surface area contributed by atoms with E-state index in [1.165, 1.54) is 24.2 Å². The summed E-state index contributed by atoms with van der Waals surface area (Å²) in [6, 6.07) is 9.04. The van der Waals surface area contributed by atoms with Crippen LogP contribution >= 0.6 is 0 Å². The Kier molecular flexibility index (Phi) is 10.1. The largest absolute Gasteiger partial charge is 0.493 e. The van der Waals surface area contributed by atoms with Crippen molar-refractivity contribution in [1.82, 2.24) is 10.1 Å². The van der Waals surface area contributed by atoms with E-state index in [1.54, 1.807) is 18.2 Å². The number of hydrogen-bond donors (Lipinski definition) is 0. The number of ether oxygens (including phenoxy) is 3. The second-order valence-corrected chi connectivity index (χ2v) is 7.14. The van der Waals surface area contributed by atoms with Crippen molar-refractivity contribution in [3.05, 3.63) is 46.9 Å². The molecule has 1 aromatic heterocycles. The van der Waals surface area contributed by atoms with Gasteiger partial charge in [0.25, 0.3) is 5.91 Å². The molecule has 0 radical (unpaired) electrons. The quantitative estimate of drug-likeness (QED) is 0.341. The fourth-order valence-corrected chi connectivity index (χ4v) is 2.93. The number of nitriles is 2. The van der Waals surface area contributed by atoms with Crippen LogP contribution in [0.2, 0.25) is 0 Å². The van der Waals surface area contributed by atoms with Crippen molar-refractivity contribution >= 4 is 18.0 Å². The lowest BCUT2D eigenvalue weighted by atomic mass is 10.2. The lowest BCUT2D eigenvalue weighted by Crippen LogP contribution is -2.36. The first-order valence-electron chi connectivity index (χ1n) is 10.5. The van der Waals surface area contributed by atoms with Crippen molar-refractivity contribution < 1.29 is 28.3 Å². The minimum absolute atomic E-state index is 0.130. The first-order valence-corrected chi connectivity index (χ1v) is 10.5. The van der Waals surface area contributed by atoms with Crippen molar-refractivity contribution in [2.45, 2.75) is 33.3 Å². The molecule has 1 amide bonds. The second kappa shape index (κ2) is 13.3. The van der Waals surface area contributed by atoms with E-state index in [0.717, 1.165) is 11.3 Å². The molecule has 0 fully saturated rings. The third-order valence-electron chi connectivity index (χ3n) is 4.83. The first-order chi connectivity index (χ1) is 16.4. The fourth-order valence-electron chi connectivity index (χ4n) is 2.93. The van der Waals surface area contributed by atoms with E-state index < -0.39 is 18.5 Å². The smallest absolute Gasteiger partial charge is 0.331 e. The van der Waals surface area contributed by atoms with Gasteiger partial charge in [-0.1, -0.05) is 11.2 Å². The Bertz CT molecular complexity index is 1070.